The fraction of sp³-hybridized carbons (Fsp3) is 0.176. The molecular weight excluding hydrogens is 419 g/mol. The summed E-state index contributed by atoms with van der Waals surface area (Å²) in [6.45, 7) is -1.86. The van der Waals surface area contributed by atoms with E-state index in [1.54, 1.807) is 0 Å². The molecule has 1 atom stereocenters. The van der Waals surface area contributed by atoms with E-state index in [2.05, 4.69) is 26.0 Å². The number of carbonyl (C=O) groups excluding carboxylic acids is 2. The highest BCUT2D eigenvalue weighted by molar-refractivity contribution is 9.10. The largest absolute Gasteiger partial charge is 0.449 e. The SMILES string of the molecule is CC(OC(=O)c1ccccc1OC(F)F)C(=O)Nc1ccc(Br)cc1F. The predicted octanol–water partition coefficient (Wildman–Crippen LogP) is 4.37. The summed E-state index contributed by atoms with van der Waals surface area (Å²) in [6, 6.07) is 9.23. The Morgan fingerprint density at radius 1 is 1.15 bits per heavy atom. The fourth-order valence-electron chi connectivity index (χ4n) is 1.94. The van der Waals surface area contributed by atoms with Crippen LogP contribution in [0.25, 0.3) is 0 Å². The van der Waals surface area contributed by atoms with E-state index >= 15 is 0 Å². The van der Waals surface area contributed by atoms with E-state index in [1.807, 2.05) is 0 Å². The number of hydrogen-bond acceptors (Lipinski definition) is 4. The van der Waals surface area contributed by atoms with Crippen molar-refractivity contribution in [1.29, 1.82) is 0 Å². The van der Waals surface area contributed by atoms with Crippen LogP contribution in [0.15, 0.2) is 46.9 Å². The first-order valence-electron chi connectivity index (χ1n) is 7.28. The molecule has 0 spiro atoms. The first-order chi connectivity index (χ1) is 12.3. The van der Waals surface area contributed by atoms with Gasteiger partial charge in [0.1, 0.15) is 17.1 Å². The van der Waals surface area contributed by atoms with Gasteiger partial charge >= 0.3 is 12.6 Å². The summed E-state index contributed by atoms with van der Waals surface area (Å²) in [5, 5.41) is 2.28. The number of rotatable bonds is 6. The maximum atomic E-state index is 13.7. The van der Waals surface area contributed by atoms with Gasteiger partial charge in [-0.25, -0.2) is 9.18 Å². The van der Waals surface area contributed by atoms with Crippen molar-refractivity contribution in [3.8, 4) is 5.75 Å². The van der Waals surface area contributed by atoms with Crippen molar-refractivity contribution in [2.45, 2.75) is 19.6 Å². The number of hydrogen-bond donors (Lipinski definition) is 1. The molecule has 0 bridgehead atoms. The summed E-state index contributed by atoms with van der Waals surface area (Å²) in [6.07, 6.45) is -1.30. The van der Waals surface area contributed by atoms with Gasteiger partial charge in [-0.05, 0) is 37.3 Å². The lowest BCUT2D eigenvalue weighted by Crippen LogP contribution is -2.30. The van der Waals surface area contributed by atoms with Gasteiger partial charge in [0.2, 0.25) is 0 Å². The maximum absolute atomic E-state index is 13.7. The van der Waals surface area contributed by atoms with Crippen molar-refractivity contribution < 1.29 is 32.2 Å². The van der Waals surface area contributed by atoms with E-state index < -0.39 is 30.4 Å². The maximum Gasteiger partial charge on any atom is 0.387 e. The van der Waals surface area contributed by atoms with Crippen molar-refractivity contribution >= 4 is 33.5 Å². The number of alkyl halides is 2. The second-order valence-corrected chi connectivity index (χ2v) is 5.95. The van der Waals surface area contributed by atoms with Crippen LogP contribution in [0.1, 0.15) is 17.3 Å². The average molecular weight is 432 g/mol. The molecule has 1 amide bonds. The Kier molecular flexibility index (Phi) is 6.62. The second kappa shape index (κ2) is 8.70. The first-order valence-corrected chi connectivity index (χ1v) is 8.08. The number of ether oxygens (including phenoxy) is 2. The molecule has 0 heterocycles. The molecule has 138 valence electrons. The molecule has 0 saturated heterocycles. The van der Waals surface area contributed by atoms with Crippen LogP contribution in [0.2, 0.25) is 0 Å². The van der Waals surface area contributed by atoms with E-state index in [-0.39, 0.29) is 17.0 Å². The Balaban J connectivity index is 2.06. The highest BCUT2D eigenvalue weighted by Gasteiger charge is 2.23. The summed E-state index contributed by atoms with van der Waals surface area (Å²) in [5.41, 5.74) is -0.357. The Bertz CT molecular complexity index is 816. The van der Waals surface area contributed by atoms with E-state index in [1.165, 1.54) is 43.3 Å². The smallest absolute Gasteiger partial charge is 0.387 e. The molecule has 1 N–H and O–H groups in total. The summed E-state index contributed by atoms with van der Waals surface area (Å²) >= 11 is 3.09. The van der Waals surface area contributed by atoms with Gasteiger partial charge in [-0.15, -0.1) is 0 Å². The minimum atomic E-state index is -3.12. The molecule has 26 heavy (non-hydrogen) atoms. The monoisotopic (exact) mass is 431 g/mol. The standard InChI is InChI=1S/C17H13BrF3NO4/c1-9(15(23)22-13-7-6-10(18)8-12(13)19)25-16(24)11-4-2-3-5-14(11)26-17(20)21/h2-9,17H,1H3,(H,22,23). The van der Waals surface area contributed by atoms with Crippen LogP contribution in [0.4, 0.5) is 18.9 Å². The summed E-state index contributed by atoms with van der Waals surface area (Å²) in [4.78, 5) is 24.2. The zero-order valence-corrected chi connectivity index (χ0v) is 14.9. The van der Waals surface area contributed by atoms with Crippen LogP contribution < -0.4 is 10.1 Å². The number of esters is 1. The van der Waals surface area contributed by atoms with E-state index in [0.717, 1.165) is 6.07 Å². The molecule has 0 fully saturated rings. The number of carbonyl (C=O) groups is 2. The average Bonchev–Trinajstić information content (AvgIpc) is 2.57. The number of halogens is 4. The van der Waals surface area contributed by atoms with Gasteiger partial charge in [0.25, 0.3) is 5.91 Å². The first kappa shape index (κ1) is 19.8. The molecule has 0 aliphatic carbocycles. The zero-order valence-electron chi connectivity index (χ0n) is 13.3. The van der Waals surface area contributed by atoms with Crippen LogP contribution in [-0.2, 0) is 9.53 Å². The topological polar surface area (TPSA) is 64.6 Å². The Hall–Kier alpha value is -2.55. The lowest BCUT2D eigenvalue weighted by molar-refractivity contribution is -0.123. The normalized spacial score (nSPS) is 11.8. The highest BCUT2D eigenvalue weighted by atomic mass is 79.9. The number of amides is 1. The van der Waals surface area contributed by atoms with E-state index in [4.69, 9.17) is 4.74 Å². The third-order valence-corrected chi connectivity index (χ3v) is 3.66. The lowest BCUT2D eigenvalue weighted by atomic mass is 10.2. The van der Waals surface area contributed by atoms with Gasteiger partial charge in [-0.2, -0.15) is 8.78 Å². The predicted molar refractivity (Wildman–Crippen MR) is 90.7 cm³/mol. The Morgan fingerprint density at radius 2 is 1.85 bits per heavy atom. The minimum absolute atomic E-state index is 0.0949. The molecule has 2 aromatic rings. The van der Waals surface area contributed by atoms with Crippen molar-refractivity contribution in [1.82, 2.24) is 0 Å². The van der Waals surface area contributed by atoms with Crippen molar-refractivity contribution in [3.05, 3.63) is 58.3 Å². The number of anilines is 1. The quantitative estimate of drug-likeness (QED) is 0.689. The molecular formula is C17H13BrF3NO4. The Labute approximate surface area is 155 Å². The van der Waals surface area contributed by atoms with E-state index in [0.29, 0.717) is 4.47 Å². The molecule has 1 unspecified atom stereocenters. The fourth-order valence-corrected chi connectivity index (χ4v) is 2.27. The molecule has 0 aromatic heterocycles. The molecule has 0 radical (unpaired) electrons. The van der Waals surface area contributed by atoms with E-state index in [9.17, 15) is 22.8 Å². The van der Waals surface area contributed by atoms with Crippen LogP contribution in [-0.4, -0.2) is 24.6 Å². The van der Waals surface area contributed by atoms with Gasteiger partial charge in [-0.3, -0.25) is 4.79 Å². The molecule has 2 aromatic carbocycles. The van der Waals surface area contributed by atoms with Crippen LogP contribution in [0, 0.1) is 5.82 Å². The molecule has 0 saturated carbocycles. The molecule has 0 aliphatic rings. The van der Waals surface area contributed by atoms with Crippen LogP contribution in [0.5, 0.6) is 5.75 Å². The van der Waals surface area contributed by atoms with Crippen LogP contribution >= 0.6 is 15.9 Å². The van der Waals surface area contributed by atoms with Gasteiger partial charge < -0.3 is 14.8 Å². The zero-order chi connectivity index (χ0) is 19.3. The summed E-state index contributed by atoms with van der Waals surface area (Å²) < 4.78 is 48.2. The molecule has 0 aliphatic heterocycles. The van der Waals surface area contributed by atoms with Gasteiger partial charge in [-0.1, -0.05) is 28.1 Å². The molecule has 9 heteroatoms. The van der Waals surface area contributed by atoms with Crippen molar-refractivity contribution in [2.24, 2.45) is 0 Å². The second-order valence-electron chi connectivity index (χ2n) is 5.04. The number of para-hydroxylation sites is 1. The number of benzene rings is 2. The van der Waals surface area contributed by atoms with Gasteiger partial charge in [0, 0.05) is 4.47 Å². The highest BCUT2D eigenvalue weighted by Crippen LogP contribution is 2.22. The van der Waals surface area contributed by atoms with Gasteiger partial charge in [0.15, 0.2) is 6.10 Å². The number of nitrogens with one attached hydrogen (secondary N) is 1. The van der Waals surface area contributed by atoms with Crippen LogP contribution in [0.3, 0.4) is 0 Å². The molecule has 2 rings (SSSR count). The Morgan fingerprint density at radius 3 is 2.50 bits per heavy atom. The van der Waals surface area contributed by atoms with Crippen molar-refractivity contribution in [3.63, 3.8) is 0 Å². The van der Waals surface area contributed by atoms with Gasteiger partial charge in [0.05, 0.1) is 5.69 Å². The van der Waals surface area contributed by atoms with Crippen molar-refractivity contribution in [2.75, 3.05) is 5.32 Å². The third kappa shape index (κ3) is 5.22. The molecule has 5 nitrogen and oxygen atoms in total. The summed E-state index contributed by atoms with van der Waals surface area (Å²) in [5.74, 6) is -2.87. The lowest BCUT2D eigenvalue weighted by Gasteiger charge is -2.15. The third-order valence-electron chi connectivity index (χ3n) is 3.17. The summed E-state index contributed by atoms with van der Waals surface area (Å²) in [7, 11) is 0. The minimum Gasteiger partial charge on any atom is -0.449 e.